The lowest BCUT2D eigenvalue weighted by atomic mass is 10.1. The van der Waals surface area contributed by atoms with E-state index in [1.54, 1.807) is 22.8 Å². The number of aromatic nitrogens is 1. The molecular formula is C22H30FN3O2. The van der Waals surface area contributed by atoms with Crippen molar-refractivity contribution in [1.29, 1.82) is 0 Å². The average Bonchev–Trinajstić information content (AvgIpc) is 2.93. The first kappa shape index (κ1) is 20.6. The number of rotatable bonds is 5. The summed E-state index contributed by atoms with van der Waals surface area (Å²) < 4.78 is 21.8. The number of benzene rings is 1. The average molecular weight is 387 g/mol. The Hall–Kier alpha value is -2.18. The molecule has 1 aromatic carbocycles. The summed E-state index contributed by atoms with van der Waals surface area (Å²) in [5, 5.41) is 3.04. The van der Waals surface area contributed by atoms with Gasteiger partial charge in [-0.2, -0.15) is 0 Å². The fourth-order valence-corrected chi connectivity index (χ4v) is 4.04. The number of carbonyl (C=O) groups is 1. The standard InChI is InChI=1S/C22H30FN3O2/c1-14-10-19(18(5)26(14)21-9-7-6-8-20(21)23)22(27)24-11-15(2)25-12-16(3)28-17(4)13-25/h6-10,15-17H,11-13H2,1-5H3,(H,24,27)/t15-,16-,17+/m0/s1. The van der Waals surface area contributed by atoms with Crippen LogP contribution in [0.4, 0.5) is 4.39 Å². The van der Waals surface area contributed by atoms with Crippen LogP contribution in [0.15, 0.2) is 30.3 Å². The maximum absolute atomic E-state index is 14.2. The highest BCUT2D eigenvalue weighted by molar-refractivity contribution is 5.96. The van der Waals surface area contributed by atoms with E-state index >= 15 is 0 Å². The van der Waals surface area contributed by atoms with Crippen molar-refractivity contribution in [3.8, 4) is 5.69 Å². The molecule has 0 saturated carbocycles. The minimum absolute atomic E-state index is 0.128. The summed E-state index contributed by atoms with van der Waals surface area (Å²) in [6, 6.07) is 8.64. The van der Waals surface area contributed by atoms with Crippen LogP contribution >= 0.6 is 0 Å². The summed E-state index contributed by atoms with van der Waals surface area (Å²) in [5.74, 6) is -0.433. The van der Waals surface area contributed by atoms with Crippen LogP contribution in [-0.2, 0) is 4.74 Å². The van der Waals surface area contributed by atoms with Gasteiger partial charge in [-0.05, 0) is 52.8 Å². The number of carbonyl (C=O) groups excluding carboxylic acids is 1. The van der Waals surface area contributed by atoms with Gasteiger partial charge < -0.3 is 14.6 Å². The highest BCUT2D eigenvalue weighted by Gasteiger charge is 2.26. The molecule has 0 spiro atoms. The zero-order valence-electron chi connectivity index (χ0n) is 17.3. The second-order valence-corrected chi connectivity index (χ2v) is 7.84. The Morgan fingerprint density at radius 1 is 1.25 bits per heavy atom. The predicted molar refractivity (Wildman–Crippen MR) is 109 cm³/mol. The van der Waals surface area contributed by atoms with Gasteiger partial charge in [0.2, 0.25) is 0 Å². The van der Waals surface area contributed by atoms with Gasteiger partial charge in [-0.3, -0.25) is 9.69 Å². The lowest BCUT2D eigenvalue weighted by Gasteiger charge is -2.39. The summed E-state index contributed by atoms with van der Waals surface area (Å²) in [6.07, 6.45) is 0.392. The van der Waals surface area contributed by atoms with Crippen molar-refractivity contribution in [3.05, 3.63) is 53.1 Å². The number of hydrogen-bond acceptors (Lipinski definition) is 3. The second kappa shape index (κ2) is 8.45. The van der Waals surface area contributed by atoms with E-state index in [-0.39, 0.29) is 30.0 Å². The Morgan fingerprint density at radius 2 is 1.89 bits per heavy atom. The van der Waals surface area contributed by atoms with Gasteiger partial charge in [0.1, 0.15) is 5.82 Å². The molecule has 6 heteroatoms. The number of ether oxygens (including phenoxy) is 1. The Bertz CT molecular complexity index is 838. The highest BCUT2D eigenvalue weighted by Crippen LogP contribution is 2.23. The molecular weight excluding hydrogens is 357 g/mol. The molecule has 0 unspecified atom stereocenters. The van der Waals surface area contributed by atoms with Crippen molar-refractivity contribution in [2.45, 2.75) is 52.9 Å². The Kier molecular flexibility index (Phi) is 6.20. The molecule has 152 valence electrons. The smallest absolute Gasteiger partial charge is 0.253 e. The van der Waals surface area contributed by atoms with Crippen LogP contribution in [0.3, 0.4) is 0 Å². The van der Waals surface area contributed by atoms with Gasteiger partial charge in [-0.1, -0.05) is 12.1 Å². The van der Waals surface area contributed by atoms with Crippen LogP contribution < -0.4 is 5.32 Å². The monoisotopic (exact) mass is 387 g/mol. The number of hydrogen-bond donors (Lipinski definition) is 1. The molecule has 1 N–H and O–H groups in total. The van der Waals surface area contributed by atoms with Gasteiger partial charge in [0.05, 0.1) is 23.5 Å². The number of nitrogens with zero attached hydrogens (tertiary/aromatic N) is 2. The van der Waals surface area contributed by atoms with Gasteiger partial charge in [0.15, 0.2) is 0 Å². The molecule has 3 rings (SSSR count). The van der Waals surface area contributed by atoms with E-state index in [9.17, 15) is 9.18 Å². The molecule has 0 bridgehead atoms. The van der Waals surface area contributed by atoms with E-state index in [0.717, 1.165) is 24.5 Å². The topological polar surface area (TPSA) is 46.5 Å². The lowest BCUT2D eigenvalue weighted by Crippen LogP contribution is -2.52. The number of amides is 1. The Morgan fingerprint density at radius 3 is 2.54 bits per heavy atom. The molecule has 1 aliphatic heterocycles. The van der Waals surface area contributed by atoms with Crippen LogP contribution in [0.25, 0.3) is 5.69 Å². The Labute approximate surface area is 166 Å². The minimum atomic E-state index is -0.305. The predicted octanol–water partition coefficient (Wildman–Crippen LogP) is 3.46. The van der Waals surface area contributed by atoms with Crippen LogP contribution in [-0.4, -0.2) is 53.3 Å². The molecule has 1 aromatic heterocycles. The quantitative estimate of drug-likeness (QED) is 0.855. The van der Waals surface area contributed by atoms with E-state index in [4.69, 9.17) is 4.74 Å². The summed E-state index contributed by atoms with van der Waals surface area (Å²) in [4.78, 5) is 15.2. The third-order valence-electron chi connectivity index (χ3n) is 5.40. The molecule has 1 aliphatic rings. The molecule has 0 radical (unpaired) electrons. The van der Waals surface area contributed by atoms with Crippen LogP contribution in [0, 0.1) is 19.7 Å². The second-order valence-electron chi connectivity index (χ2n) is 7.84. The van der Waals surface area contributed by atoms with Crippen LogP contribution in [0.2, 0.25) is 0 Å². The molecule has 5 nitrogen and oxygen atoms in total. The third kappa shape index (κ3) is 4.28. The van der Waals surface area contributed by atoms with Crippen molar-refractivity contribution < 1.29 is 13.9 Å². The van der Waals surface area contributed by atoms with Crippen LogP contribution in [0.1, 0.15) is 42.5 Å². The van der Waals surface area contributed by atoms with Gasteiger partial charge in [0, 0.05) is 37.1 Å². The lowest BCUT2D eigenvalue weighted by molar-refractivity contribution is -0.0778. The summed E-state index contributed by atoms with van der Waals surface area (Å²) >= 11 is 0. The minimum Gasteiger partial charge on any atom is -0.373 e. The SMILES string of the molecule is Cc1cc(C(=O)NC[C@H](C)N2C[C@@H](C)O[C@@H](C)C2)c(C)n1-c1ccccc1F. The van der Waals surface area contributed by atoms with Crippen molar-refractivity contribution in [1.82, 2.24) is 14.8 Å². The van der Waals surface area contributed by atoms with Gasteiger partial charge in [0.25, 0.3) is 5.91 Å². The van der Waals surface area contributed by atoms with E-state index in [2.05, 4.69) is 31.0 Å². The fraction of sp³-hybridized carbons (Fsp3) is 0.500. The number of nitrogens with one attached hydrogen (secondary N) is 1. The van der Waals surface area contributed by atoms with E-state index in [0.29, 0.717) is 17.8 Å². The highest BCUT2D eigenvalue weighted by atomic mass is 19.1. The molecule has 28 heavy (non-hydrogen) atoms. The zero-order chi connectivity index (χ0) is 20.4. The van der Waals surface area contributed by atoms with Gasteiger partial charge >= 0.3 is 0 Å². The first-order valence-electron chi connectivity index (χ1n) is 9.89. The molecule has 3 atom stereocenters. The fourth-order valence-electron chi connectivity index (χ4n) is 4.04. The molecule has 2 aromatic rings. The van der Waals surface area contributed by atoms with Crippen molar-refractivity contribution in [2.75, 3.05) is 19.6 Å². The van der Waals surface area contributed by atoms with E-state index < -0.39 is 0 Å². The van der Waals surface area contributed by atoms with Crippen molar-refractivity contribution in [2.24, 2.45) is 0 Å². The van der Waals surface area contributed by atoms with Crippen LogP contribution in [0.5, 0.6) is 0 Å². The van der Waals surface area contributed by atoms with Gasteiger partial charge in [-0.25, -0.2) is 4.39 Å². The number of aryl methyl sites for hydroxylation is 1. The number of halogens is 1. The van der Waals surface area contributed by atoms with Gasteiger partial charge in [-0.15, -0.1) is 0 Å². The molecule has 1 amide bonds. The zero-order valence-corrected chi connectivity index (χ0v) is 17.3. The normalized spacial score (nSPS) is 21.5. The first-order valence-corrected chi connectivity index (χ1v) is 9.89. The largest absolute Gasteiger partial charge is 0.373 e. The summed E-state index contributed by atoms with van der Waals surface area (Å²) in [6.45, 7) is 12.3. The first-order chi connectivity index (χ1) is 13.3. The Balaban J connectivity index is 1.70. The molecule has 1 saturated heterocycles. The van der Waals surface area contributed by atoms with E-state index in [1.807, 2.05) is 19.9 Å². The maximum Gasteiger partial charge on any atom is 0.253 e. The van der Waals surface area contributed by atoms with Crippen molar-refractivity contribution in [3.63, 3.8) is 0 Å². The summed E-state index contributed by atoms with van der Waals surface area (Å²) in [5.41, 5.74) is 2.61. The van der Waals surface area contributed by atoms with Crippen molar-refractivity contribution >= 4 is 5.91 Å². The number of para-hydroxylation sites is 1. The maximum atomic E-state index is 14.2. The molecule has 1 fully saturated rings. The molecule has 0 aliphatic carbocycles. The summed E-state index contributed by atoms with van der Waals surface area (Å²) in [7, 11) is 0. The molecule has 2 heterocycles. The number of morpholine rings is 1. The van der Waals surface area contributed by atoms with E-state index in [1.165, 1.54) is 6.07 Å². The third-order valence-corrected chi connectivity index (χ3v) is 5.40.